The first-order chi connectivity index (χ1) is 16.1. The lowest BCUT2D eigenvalue weighted by molar-refractivity contribution is 0.202. The van der Waals surface area contributed by atoms with E-state index in [1.165, 1.54) is 33.3 Å². The third kappa shape index (κ3) is 4.28. The van der Waals surface area contributed by atoms with Gasteiger partial charge in [0.25, 0.3) is 0 Å². The van der Waals surface area contributed by atoms with E-state index in [9.17, 15) is 0 Å². The number of aromatic amines is 1. The fraction of sp³-hybridized carbons (Fsp3) is 0.154. The number of hydrogen-bond donors (Lipinski definition) is 3. The Morgan fingerprint density at radius 2 is 1.94 bits per heavy atom. The van der Waals surface area contributed by atoms with Crippen LogP contribution in [0.1, 0.15) is 34.0 Å². The monoisotopic (exact) mass is 456 g/mol. The molecule has 0 spiro atoms. The zero-order chi connectivity index (χ0) is 22.8. The summed E-state index contributed by atoms with van der Waals surface area (Å²) in [4.78, 5) is 6.22. The molecule has 33 heavy (non-hydrogen) atoms. The highest BCUT2D eigenvalue weighted by Gasteiger charge is 2.31. The predicted octanol–water partition coefficient (Wildman–Crippen LogP) is 5.77. The van der Waals surface area contributed by atoms with E-state index in [4.69, 9.17) is 17.4 Å². The van der Waals surface area contributed by atoms with Crippen molar-refractivity contribution in [2.24, 2.45) is 16.2 Å². The van der Waals surface area contributed by atoms with Gasteiger partial charge in [0.1, 0.15) is 0 Å². The van der Waals surface area contributed by atoms with Crippen molar-refractivity contribution in [1.29, 1.82) is 0 Å². The molecule has 4 aromatic rings. The van der Waals surface area contributed by atoms with E-state index in [0.29, 0.717) is 5.70 Å². The van der Waals surface area contributed by atoms with Crippen LogP contribution in [0.15, 0.2) is 89.7 Å². The Labute approximate surface area is 197 Å². The normalized spacial score (nSPS) is 16.2. The molecule has 1 aromatic heterocycles. The van der Waals surface area contributed by atoms with Gasteiger partial charge >= 0.3 is 0 Å². The van der Waals surface area contributed by atoms with Crippen molar-refractivity contribution in [3.8, 4) is 0 Å². The van der Waals surface area contributed by atoms with E-state index >= 15 is 0 Å². The van der Waals surface area contributed by atoms with Gasteiger partial charge in [0.2, 0.25) is 0 Å². The van der Waals surface area contributed by atoms with Crippen LogP contribution in [0.2, 0.25) is 5.02 Å². The second-order valence-electron chi connectivity index (χ2n) is 8.21. The van der Waals surface area contributed by atoms with E-state index < -0.39 is 0 Å². The fourth-order valence-corrected chi connectivity index (χ4v) is 4.82. The van der Waals surface area contributed by atoms with Crippen molar-refractivity contribution in [2.45, 2.75) is 19.0 Å². The number of hydrazine groups is 1. The minimum absolute atomic E-state index is 0.0640. The zero-order valence-corrected chi connectivity index (χ0v) is 18.9. The molecule has 1 aliphatic heterocycles. The SMILES string of the molecule is C=C(/N=N\NN)c1cccc(C2c3[nH]c4ccccc4c3CCN2Cc2ccc(Cl)cc2)c1. The van der Waals surface area contributed by atoms with Gasteiger partial charge in [-0.25, -0.2) is 11.4 Å². The van der Waals surface area contributed by atoms with E-state index in [1.807, 2.05) is 24.3 Å². The number of halogens is 1. The molecule has 0 amide bonds. The summed E-state index contributed by atoms with van der Waals surface area (Å²) in [6, 6.07) is 25.0. The van der Waals surface area contributed by atoms with Crippen LogP contribution in [0.25, 0.3) is 16.6 Å². The highest BCUT2D eigenvalue weighted by Crippen LogP contribution is 2.39. The Kier molecular flexibility index (Phi) is 5.96. The number of nitrogens with two attached hydrogens (primary N) is 1. The molecule has 0 radical (unpaired) electrons. The Balaban J connectivity index is 1.59. The van der Waals surface area contributed by atoms with Crippen LogP contribution >= 0.6 is 11.6 Å². The average molecular weight is 457 g/mol. The minimum atomic E-state index is 0.0640. The second-order valence-corrected chi connectivity index (χ2v) is 8.65. The van der Waals surface area contributed by atoms with Gasteiger partial charge in [0.15, 0.2) is 0 Å². The Bertz CT molecular complexity index is 1320. The van der Waals surface area contributed by atoms with Gasteiger partial charge in [0, 0.05) is 40.3 Å². The maximum atomic E-state index is 6.12. The minimum Gasteiger partial charge on any atom is -0.357 e. The second kappa shape index (κ2) is 9.19. The molecule has 0 aliphatic carbocycles. The van der Waals surface area contributed by atoms with Gasteiger partial charge < -0.3 is 4.98 Å². The van der Waals surface area contributed by atoms with Crippen LogP contribution < -0.4 is 11.4 Å². The molecule has 1 atom stereocenters. The number of benzene rings is 3. The third-order valence-corrected chi connectivity index (χ3v) is 6.45. The van der Waals surface area contributed by atoms with Crippen molar-refractivity contribution in [2.75, 3.05) is 6.54 Å². The molecule has 2 heterocycles. The number of nitrogens with one attached hydrogen (secondary N) is 2. The van der Waals surface area contributed by atoms with Crippen LogP contribution in [0.3, 0.4) is 0 Å². The largest absolute Gasteiger partial charge is 0.357 e. The first-order valence-corrected chi connectivity index (χ1v) is 11.3. The third-order valence-electron chi connectivity index (χ3n) is 6.20. The summed E-state index contributed by atoms with van der Waals surface area (Å²) in [5.74, 6) is 5.22. The van der Waals surface area contributed by atoms with Crippen LogP contribution in [0.4, 0.5) is 0 Å². The molecule has 3 aromatic carbocycles. The lowest BCUT2D eigenvalue weighted by atomic mass is 9.91. The van der Waals surface area contributed by atoms with Crippen LogP contribution in [0, 0.1) is 0 Å². The van der Waals surface area contributed by atoms with Crippen molar-refractivity contribution in [3.63, 3.8) is 0 Å². The fourth-order valence-electron chi connectivity index (χ4n) is 4.70. The standard InChI is InChI=1S/C26H25ClN6/c1-17(30-32-31-28)19-5-4-6-20(15-19)26-25-23(22-7-2-3-8-24(22)29-25)13-14-33(26)16-18-9-11-21(27)12-10-18/h2-12,15,26,29H,1,13-14,16H2,(H2,28,32)(H,30,31). The highest BCUT2D eigenvalue weighted by molar-refractivity contribution is 6.30. The van der Waals surface area contributed by atoms with Crippen LogP contribution in [-0.2, 0) is 13.0 Å². The summed E-state index contributed by atoms with van der Waals surface area (Å²) in [7, 11) is 0. The van der Waals surface area contributed by atoms with Crippen LogP contribution in [0.5, 0.6) is 0 Å². The van der Waals surface area contributed by atoms with E-state index in [1.54, 1.807) is 0 Å². The molecule has 0 saturated carbocycles. The Morgan fingerprint density at radius 1 is 1.12 bits per heavy atom. The van der Waals surface area contributed by atoms with E-state index in [2.05, 4.69) is 80.9 Å². The number of nitrogens with zero attached hydrogens (tertiary/aromatic N) is 3. The molecule has 0 saturated heterocycles. The van der Waals surface area contributed by atoms with Crippen molar-refractivity contribution in [3.05, 3.63) is 112 Å². The number of fused-ring (bicyclic) bond motifs is 3. The number of hydrogen-bond acceptors (Lipinski definition) is 4. The smallest absolute Gasteiger partial charge is 0.0875 e. The number of rotatable bonds is 6. The maximum Gasteiger partial charge on any atom is 0.0875 e. The summed E-state index contributed by atoms with van der Waals surface area (Å²) in [5.41, 5.74) is 9.84. The average Bonchev–Trinajstić information content (AvgIpc) is 3.22. The first kappa shape index (κ1) is 21.4. The van der Waals surface area contributed by atoms with Gasteiger partial charge in [-0.3, -0.25) is 4.90 Å². The van der Waals surface area contributed by atoms with Crippen LogP contribution in [-0.4, -0.2) is 16.4 Å². The molecule has 1 aliphatic rings. The summed E-state index contributed by atoms with van der Waals surface area (Å²) >= 11 is 6.12. The molecule has 6 nitrogen and oxygen atoms in total. The summed E-state index contributed by atoms with van der Waals surface area (Å²) in [6.45, 7) is 5.80. The number of para-hydroxylation sites is 1. The van der Waals surface area contributed by atoms with Crippen molar-refractivity contribution >= 4 is 28.2 Å². The summed E-state index contributed by atoms with van der Waals surface area (Å²) in [6.07, 6.45) is 0.992. The van der Waals surface area contributed by atoms with Crippen molar-refractivity contribution in [1.82, 2.24) is 15.4 Å². The molecule has 5 rings (SSSR count). The summed E-state index contributed by atoms with van der Waals surface area (Å²) < 4.78 is 0. The van der Waals surface area contributed by atoms with Gasteiger partial charge in [-0.15, -0.1) is 5.11 Å². The number of H-pyrrole nitrogens is 1. The van der Waals surface area contributed by atoms with E-state index in [0.717, 1.165) is 30.1 Å². The predicted molar refractivity (Wildman–Crippen MR) is 133 cm³/mol. The maximum absolute atomic E-state index is 6.12. The molecule has 7 heteroatoms. The molecule has 1 unspecified atom stereocenters. The van der Waals surface area contributed by atoms with Gasteiger partial charge in [-0.1, -0.05) is 71.9 Å². The Hall–Kier alpha value is -3.45. The Morgan fingerprint density at radius 3 is 2.76 bits per heavy atom. The molecule has 166 valence electrons. The van der Waals surface area contributed by atoms with Gasteiger partial charge in [-0.2, -0.15) is 0 Å². The van der Waals surface area contributed by atoms with E-state index in [-0.39, 0.29) is 6.04 Å². The zero-order valence-electron chi connectivity index (χ0n) is 18.1. The molecular formula is C26H25ClN6. The highest BCUT2D eigenvalue weighted by atomic mass is 35.5. The molecule has 0 bridgehead atoms. The quantitative estimate of drug-likeness (QED) is 0.196. The summed E-state index contributed by atoms with van der Waals surface area (Å²) in [5, 5.41) is 9.74. The lowest BCUT2D eigenvalue weighted by Gasteiger charge is -2.36. The topological polar surface area (TPSA) is 81.8 Å². The lowest BCUT2D eigenvalue weighted by Crippen LogP contribution is -2.35. The molecule has 4 N–H and O–H groups in total. The van der Waals surface area contributed by atoms with Gasteiger partial charge in [-0.05, 0) is 47.4 Å². The number of aromatic nitrogens is 1. The van der Waals surface area contributed by atoms with Gasteiger partial charge in [0.05, 0.1) is 11.7 Å². The molecular weight excluding hydrogens is 432 g/mol. The van der Waals surface area contributed by atoms with Crippen molar-refractivity contribution < 1.29 is 0 Å². The molecule has 0 fully saturated rings. The first-order valence-electron chi connectivity index (χ1n) is 10.9.